The van der Waals surface area contributed by atoms with E-state index in [1.165, 1.54) is 12.1 Å². The van der Waals surface area contributed by atoms with Crippen LogP contribution in [-0.4, -0.2) is 11.8 Å². The second kappa shape index (κ2) is 3.82. The maximum absolute atomic E-state index is 13.5. The fourth-order valence-corrected chi connectivity index (χ4v) is 1.81. The largest absolute Gasteiger partial charge is 0.360 e. The number of hydrogen-bond acceptors (Lipinski definition) is 0. The normalized spacial score (nSPS) is 22.6. The zero-order chi connectivity index (χ0) is 12.7. The minimum Gasteiger partial charge on any atom is -0.205 e. The van der Waals surface area contributed by atoms with Crippen molar-refractivity contribution in [2.75, 3.05) is 0 Å². The van der Waals surface area contributed by atoms with E-state index in [0.717, 1.165) is 0 Å². The summed E-state index contributed by atoms with van der Waals surface area (Å²) >= 11 is 0. The summed E-state index contributed by atoms with van der Waals surface area (Å²) in [5.74, 6) is -11.0. The zero-order valence-corrected chi connectivity index (χ0v) is 8.69. The number of halogens is 5. The lowest BCUT2D eigenvalue weighted by molar-refractivity contribution is -0.201. The predicted molar refractivity (Wildman–Crippen MR) is 53.6 cm³/mol. The number of rotatable bonds is 1. The lowest BCUT2D eigenvalue weighted by atomic mass is 9.88. The second-order valence-corrected chi connectivity index (χ2v) is 3.94. The van der Waals surface area contributed by atoms with Crippen LogP contribution in [0.25, 0.3) is 5.57 Å². The molecule has 1 aromatic rings. The van der Waals surface area contributed by atoms with Crippen molar-refractivity contribution in [1.29, 1.82) is 0 Å². The van der Waals surface area contributed by atoms with Crippen molar-refractivity contribution in [1.82, 2.24) is 0 Å². The third-order valence-corrected chi connectivity index (χ3v) is 2.81. The molecular weight excluding hydrogens is 239 g/mol. The van der Waals surface area contributed by atoms with E-state index in [9.17, 15) is 22.0 Å². The molecule has 0 bridgehead atoms. The zero-order valence-electron chi connectivity index (χ0n) is 8.69. The Morgan fingerprint density at radius 2 is 1.53 bits per heavy atom. The lowest BCUT2D eigenvalue weighted by Gasteiger charge is -2.31. The van der Waals surface area contributed by atoms with Gasteiger partial charge in [-0.15, -0.1) is 0 Å². The number of hydrogen-bond donors (Lipinski definition) is 0. The van der Waals surface area contributed by atoms with Gasteiger partial charge in [0.25, 0.3) is 0 Å². The monoisotopic (exact) mass is 248 g/mol. The summed E-state index contributed by atoms with van der Waals surface area (Å²) in [4.78, 5) is 0. The van der Waals surface area contributed by atoms with E-state index in [2.05, 4.69) is 0 Å². The number of benzene rings is 1. The van der Waals surface area contributed by atoms with Crippen molar-refractivity contribution >= 4 is 5.57 Å². The van der Waals surface area contributed by atoms with Gasteiger partial charge in [-0.1, -0.05) is 30.3 Å². The highest BCUT2D eigenvalue weighted by Gasteiger charge is 2.62. The average molecular weight is 248 g/mol. The summed E-state index contributed by atoms with van der Waals surface area (Å²) in [5.41, 5.74) is -0.110. The van der Waals surface area contributed by atoms with Crippen LogP contribution in [-0.2, 0) is 0 Å². The van der Waals surface area contributed by atoms with Gasteiger partial charge in [0.1, 0.15) is 0 Å². The molecule has 0 saturated carbocycles. The molecule has 0 radical (unpaired) electrons. The molecule has 0 atom stereocenters. The smallest absolute Gasteiger partial charge is 0.205 e. The van der Waals surface area contributed by atoms with Gasteiger partial charge in [-0.05, 0) is 17.6 Å². The van der Waals surface area contributed by atoms with E-state index in [4.69, 9.17) is 0 Å². The summed E-state index contributed by atoms with van der Waals surface area (Å²) in [7, 11) is 0. The molecule has 0 aliphatic heterocycles. The standard InChI is InChI=1S/C12H9F5/c13-10-9(8-4-2-1-3-5-8)6-7-11(14,15)12(10,16)17/h1-5H,6-7H2. The van der Waals surface area contributed by atoms with Gasteiger partial charge in [-0.2, -0.15) is 17.6 Å². The topological polar surface area (TPSA) is 0 Å². The van der Waals surface area contributed by atoms with Gasteiger partial charge in [0, 0.05) is 6.42 Å². The van der Waals surface area contributed by atoms with E-state index < -0.39 is 30.5 Å². The van der Waals surface area contributed by atoms with Crippen LogP contribution in [0.15, 0.2) is 36.2 Å². The molecule has 0 spiro atoms. The lowest BCUT2D eigenvalue weighted by Crippen LogP contribution is -2.43. The van der Waals surface area contributed by atoms with Crippen molar-refractivity contribution in [2.45, 2.75) is 24.7 Å². The van der Waals surface area contributed by atoms with Crippen LogP contribution >= 0.6 is 0 Å². The van der Waals surface area contributed by atoms with E-state index in [-0.39, 0.29) is 11.1 Å². The first-order valence-electron chi connectivity index (χ1n) is 5.06. The highest BCUT2D eigenvalue weighted by atomic mass is 19.3. The third-order valence-electron chi connectivity index (χ3n) is 2.81. The molecular formula is C12H9F5. The Labute approximate surface area is 94.8 Å². The molecule has 0 nitrogen and oxygen atoms in total. The summed E-state index contributed by atoms with van der Waals surface area (Å²) in [6.45, 7) is 0. The Hall–Kier alpha value is -1.39. The first kappa shape index (κ1) is 12.1. The SMILES string of the molecule is FC1=C(c2ccccc2)CCC(F)(F)C1(F)F. The molecule has 1 aliphatic rings. The van der Waals surface area contributed by atoms with Crippen LogP contribution in [0.3, 0.4) is 0 Å². The Bertz CT molecular complexity index is 447. The molecule has 0 amide bonds. The highest BCUT2D eigenvalue weighted by Crippen LogP contribution is 2.51. The van der Waals surface area contributed by atoms with Gasteiger partial charge in [-0.25, -0.2) is 4.39 Å². The van der Waals surface area contributed by atoms with Crippen molar-refractivity contribution in [2.24, 2.45) is 0 Å². The summed E-state index contributed by atoms with van der Waals surface area (Å²) in [6.07, 6.45) is -1.43. The molecule has 1 aliphatic carbocycles. The average Bonchev–Trinajstić information content (AvgIpc) is 2.28. The minimum absolute atomic E-state index is 0.222. The fraction of sp³-hybridized carbons (Fsp3) is 0.333. The number of alkyl halides is 4. The molecule has 5 heteroatoms. The van der Waals surface area contributed by atoms with E-state index in [0.29, 0.717) is 0 Å². The Morgan fingerprint density at radius 1 is 0.941 bits per heavy atom. The van der Waals surface area contributed by atoms with E-state index in [1.54, 1.807) is 18.2 Å². The molecule has 92 valence electrons. The Balaban J connectivity index is 2.50. The summed E-state index contributed by atoms with van der Waals surface area (Å²) < 4.78 is 65.5. The van der Waals surface area contributed by atoms with Crippen molar-refractivity contribution in [3.8, 4) is 0 Å². The molecule has 0 aromatic heterocycles. The highest BCUT2D eigenvalue weighted by molar-refractivity contribution is 5.69. The summed E-state index contributed by atoms with van der Waals surface area (Å²) in [5, 5.41) is 0. The maximum Gasteiger partial charge on any atom is 0.360 e. The first-order chi connectivity index (χ1) is 7.86. The van der Waals surface area contributed by atoms with Gasteiger partial charge in [0.15, 0.2) is 5.83 Å². The molecule has 0 N–H and O–H groups in total. The molecule has 2 rings (SSSR count). The third kappa shape index (κ3) is 1.83. The molecule has 0 saturated heterocycles. The summed E-state index contributed by atoms with van der Waals surface area (Å²) in [6, 6.07) is 7.57. The van der Waals surface area contributed by atoms with Gasteiger partial charge < -0.3 is 0 Å². The predicted octanol–water partition coefficient (Wildman–Crippen LogP) is 4.43. The quantitative estimate of drug-likeness (QED) is 0.645. The van der Waals surface area contributed by atoms with Gasteiger partial charge >= 0.3 is 11.8 Å². The van der Waals surface area contributed by atoms with Gasteiger partial charge in [0.2, 0.25) is 0 Å². The number of allylic oxidation sites excluding steroid dienone is 2. The van der Waals surface area contributed by atoms with Crippen LogP contribution in [0.4, 0.5) is 22.0 Å². The van der Waals surface area contributed by atoms with Gasteiger partial charge in [-0.3, -0.25) is 0 Å². The van der Waals surface area contributed by atoms with Crippen molar-refractivity contribution < 1.29 is 22.0 Å². The molecule has 17 heavy (non-hydrogen) atoms. The van der Waals surface area contributed by atoms with Crippen LogP contribution in [0.5, 0.6) is 0 Å². The van der Waals surface area contributed by atoms with Gasteiger partial charge in [0.05, 0.1) is 0 Å². The Morgan fingerprint density at radius 3 is 2.12 bits per heavy atom. The maximum atomic E-state index is 13.5. The van der Waals surface area contributed by atoms with Crippen LogP contribution < -0.4 is 0 Å². The molecule has 0 unspecified atom stereocenters. The van der Waals surface area contributed by atoms with Crippen LogP contribution in [0, 0.1) is 0 Å². The van der Waals surface area contributed by atoms with E-state index in [1.807, 2.05) is 0 Å². The molecule has 0 heterocycles. The first-order valence-corrected chi connectivity index (χ1v) is 5.06. The van der Waals surface area contributed by atoms with Crippen molar-refractivity contribution in [3.63, 3.8) is 0 Å². The molecule has 1 aromatic carbocycles. The molecule has 0 fully saturated rings. The minimum atomic E-state index is -4.71. The Kier molecular flexibility index (Phi) is 2.72. The van der Waals surface area contributed by atoms with Crippen LogP contribution in [0.2, 0.25) is 0 Å². The fourth-order valence-electron chi connectivity index (χ4n) is 1.81. The van der Waals surface area contributed by atoms with Crippen molar-refractivity contribution in [3.05, 3.63) is 41.7 Å². The van der Waals surface area contributed by atoms with Crippen LogP contribution in [0.1, 0.15) is 18.4 Å². The second-order valence-electron chi connectivity index (χ2n) is 3.94. The van der Waals surface area contributed by atoms with E-state index >= 15 is 0 Å².